The van der Waals surface area contributed by atoms with Crippen molar-refractivity contribution in [3.8, 4) is 11.5 Å². The molecule has 0 unspecified atom stereocenters. The molecule has 2 N–H and O–H groups in total. The van der Waals surface area contributed by atoms with Crippen LogP contribution in [-0.4, -0.2) is 27.4 Å². The molecule has 1 aromatic carbocycles. The quantitative estimate of drug-likeness (QED) is 0.601. The standard InChI is InChI=1S/C13H17BN2O3/c1-2-3-4-9-12-15-16-13(19-12)10-7-5-6-8-11(10)14(17)18/h5-8,17-18H,2-4,9H2,1H3. The molecule has 0 aliphatic rings. The van der Waals surface area contributed by atoms with Crippen molar-refractivity contribution in [3.63, 3.8) is 0 Å². The Hall–Kier alpha value is -1.66. The zero-order valence-corrected chi connectivity index (χ0v) is 10.9. The summed E-state index contributed by atoms with van der Waals surface area (Å²) in [7, 11) is -1.55. The summed E-state index contributed by atoms with van der Waals surface area (Å²) in [6, 6.07) is 6.89. The third-order valence-corrected chi connectivity index (χ3v) is 2.93. The fourth-order valence-electron chi connectivity index (χ4n) is 1.91. The Morgan fingerprint density at radius 3 is 2.68 bits per heavy atom. The molecule has 1 aromatic heterocycles. The molecule has 0 radical (unpaired) electrons. The molecule has 0 fully saturated rings. The molecule has 100 valence electrons. The first-order valence-electron chi connectivity index (χ1n) is 6.50. The fourth-order valence-corrected chi connectivity index (χ4v) is 1.91. The minimum atomic E-state index is -1.55. The normalized spacial score (nSPS) is 10.7. The molecule has 0 spiro atoms. The van der Waals surface area contributed by atoms with Crippen LogP contribution in [0.3, 0.4) is 0 Å². The van der Waals surface area contributed by atoms with Gasteiger partial charge in [-0.15, -0.1) is 10.2 Å². The molecule has 0 aliphatic carbocycles. The van der Waals surface area contributed by atoms with Gasteiger partial charge in [-0.2, -0.15) is 0 Å². The highest BCUT2D eigenvalue weighted by Crippen LogP contribution is 2.17. The molecule has 1 heterocycles. The van der Waals surface area contributed by atoms with Gasteiger partial charge in [0.2, 0.25) is 11.8 Å². The van der Waals surface area contributed by atoms with Gasteiger partial charge >= 0.3 is 7.12 Å². The van der Waals surface area contributed by atoms with E-state index in [-0.39, 0.29) is 0 Å². The minimum Gasteiger partial charge on any atom is -0.423 e. The van der Waals surface area contributed by atoms with E-state index in [2.05, 4.69) is 17.1 Å². The molecule has 0 amide bonds. The summed E-state index contributed by atoms with van der Waals surface area (Å²) in [6.45, 7) is 2.14. The third-order valence-electron chi connectivity index (χ3n) is 2.93. The Morgan fingerprint density at radius 2 is 1.95 bits per heavy atom. The van der Waals surface area contributed by atoms with Crippen LogP contribution >= 0.6 is 0 Å². The van der Waals surface area contributed by atoms with E-state index in [1.165, 1.54) is 0 Å². The van der Waals surface area contributed by atoms with Gasteiger partial charge in [0.05, 0.1) is 0 Å². The second kappa shape index (κ2) is 6.49. The van der Waals surface area contributed by atoms with E-state index in [9.17, 15) is 10.0 Å². The van der Waals surface area contributed by atoms with Crippen molar-refractivity contribution in [3.05, 3.63) is 30.2 Å². The molecule has 0 aliphatic heterocycles. The van der Waals surface area contributed by atoms with Crippen LogP contribution < -0.4 is 5.46 Å². The van der Waals surface area contributed by atoms with Gasteiger partial charge in [0.15, 0.2) is 0 Å². The van der Waals surface area contributed by atoms with Gasteiger partial charge in [-0.3, -0.25) is 0 Å². The van der Waals surface area contributed by atoms with Gasteiger partial charge < -0.3 is 14.5 Å². The number of aryl methyl sites for hydroxylation is 1. The third kappa shape index (κ3) is 3.42. The highest BCUT2D eigenvalue weighted by molar-refractivity contribution is 6.60. The SMILES string of the molecule is CCCCCc1nnc(-c2ccccc2B(O)O)o1. The van der Waals surface area contributed by atoms with E-state index in [1.54, 1.807) is 24.3 Å². The topological polar surface area (TPSA) is 79.4 Å². The van der Waals surface area contributed by atoms with E-state index in [0.717, 1.165) is 25.7 Å². The van der Waals surface area contributed by atoms with Crippen LogP contribution in [0.1, 0.15) is 32.1 Å². The van der Waals surface area contributed by atoms with E-state index >= 15 is 0 Å². The molecule has 19 heavy (non-hydrogen) atoms. The van der Waals surface area contributed by atoms with Crippen LogP contribution in [0, 0.1) is 0 Å². The van der Waals surface area contributed by atoms with Crippen LogP contribution in [0.25, 0.3) is 11.5 Å². The number of unbranched alkanes of at least 4 members (excludes halogenated alkanes) is 2. The van der Waals surface area contributed by atoms with E-state index < -0.39 is 7.12 Å². The molecule has 0 saturated heterocycles. The van der Waals surface area contributed by atoms with Crippen molar-refractivity contribution in [2.45, 2.75) is 32.6 Å². The summed E-state index contributed by atoms with van der Waals surface area (Å²) in [6.07, 6.45) is 4.04. The van der Waals surface area contributed by atoms with E-state index in [1.807, 2.05) is 0 Å². The lowest BCUT2D eigenvalue weighted by atomic mass is 9.77. The van der Waals surface area contributed by atoms with Crippen molar-refractivity contribution in [1.29, 1.82) is 0 Å². The summed E-state index contributed by atoms with van der Waals surface area (Å²) in [5.41, 5.74) is 0.929. The molecule has 0 atom stereocenters. The lowest BCUT2D eigenvalue weighted by Gasteiger charge is -2.03. The number of hydrogen-bond acceptors (Lipinski definition) is 5. The van der Waals surface area contributed by atoms with Gasteiger partial charge in [0, 0.05) is 12.0 Å². The van der Waals surface area contributed by atoms with E-state index in [4.69, 9.17) is 4.42 Å². The van der Waals surface area contributed by atoms with Crippen LogP contribution in [0.15, 0.2) is 28.7 Å². The largest absolute Gasteiger partial charge is 0.489 e. The molecule has 5 nitrogen and oxygen atoms in total. The molecule has 2 rings (SSSR count). The lowest BCUT2D eigenvalue weighted by Crippen LogP contribution is -2.31. The monoisotopic (exact) mass is 260 g/mol. The average molecular weight is 260 g/mol. The maximum Gasteiger partial charge on any atom is 0.489 e. The second-order valence-electron chi connectivity index (χ2n) is 4.42. The summed E-state index contributed by atoms with van der Waals surface area (Å²) in [4.78, 5) is 0. The fraction of sp³-hybridized carbons (Fsp3) is 0.385. The first kappa shape index (κ1) is 13.8. The Balaban J connectivity index is 2.18. The van der Waals surface area contributed by atoms with Crippen molar-refractivity contribution in [2.24, 2.45) is 0 Å². The van der Waals surface area contributed by atoms with Gasteiger partial charge in [-0.25, -0.2) is 0 Å². The summed E-state index contributed by atoms with van der Waals surface area (Å²) >= 11 is 0. The van der Waals surface area contributed by atoms with Gasteiger partial charge in [0.1, 0.15) is 0 Å². The summed E-state index contributed by atoms with van der Waals surface area (Å²) in [5, 5.41) is 26.6. The zero-order chi connectivity index (χ0) is 13.7. The molecular weight excluding hydrogens is 243 g/mol. The minimum absolute atomic E-state index is 0.329. The van der Waals surface area contributed by atoms with Gasteiger partial charge in [-0.1, -0.05) is 38.0 Å². The second-order valence-corrected chi connectivity index (χ2v) is 4.42. The number of aromatic nitrogens is 2. The highest BCUT2D eigenvalue weighted by Gasteiger charge is 2.19. The lowest BCUT2D eigenvalue weighted by molar-refractivity contribution is 0.425. The maximum absolute atomic E-state index is 9.31. The number of hydrogen-bond donors (Lipinski definition) is 2. The van der Waals surface area contributed by atoms with Crippen molar-refractivity contribution < 1.29 is 14.5 Å². The van der Waals surface area contributed by atoms with Crippen LogP contribution in [0.5, 0.6) is 0 Å². The number of nitrogens with zero attached hydrogens (tertiary/aromatic N) is 2. The number of benzene rings is 1. The van der Waals surface area contributed by atoms with Gasteiger partial charge in [0.25, 0.3) is 0 Å². The Bertz CT molecular complexity index is 528. The molecule has 2 aromatic rings. The van der Waals surface area contributed by atoms with Crippen molar-refractivity contribution in [2.75, 3.05) is 0 Å². The van der Waals surface area contributed by atoms with Crippen molar-refractivity contribution >= 4 is 12.6 Å². The van der Waals surface area contributed by atoms with Crippen LogP contribution in [0.2, 0.25) is 0 Å². The van der Waals surface area contributed by atoms with Crippen LogP contribution in [-0.2, 0) is 6.42 Å². The molecule has 0 saturated carbocycles. The maximum atomic E-state index is 9.31. The average Bonchev–Trinajstić information content (AvgIpc) is 2.88. The molecule has 0 bridgehead atoms. The van der Waals surface area contributed by atoms with Crippen molar-refractivity contribution in [1.82, 2.24) is 10.2 Å². The predicted octanol–water partition coefficient (Wildman–Crippen LogP) is 1.15. The Kier molecular flexibility index (Phi) is 4.71. The highest BCUT2D eigenvalue weighted by atomic mass is 16.4. The van der Waals surface area contributed by atoms with Gasteiger partial charge in [-0.05, 0) is 17.9 Å². The zero-order valence-electron chi connectivity index (χ0n) is 10.9. The first-order valence-corrected chi connectivity index (χ1v) is 6.50. The first-order chi connectivity index (χ1) is 9.22. The molecule has 6 heteroatoms. The summed E-state index contributed by atoms with van der Waals surface area (Å²) in [5.74, 6) is 0.917. The predicted molar refractivity (Wildman–Crippen MR) is 72.8 cm³/mol. The Labute approximate surface area is 112 Å². The molecular formula is C13H17BN2O3. The van der Waals surface area contributed by atoms with Crippen LogP contribution in [0.4, 0.5) is 0 Å². The Morgan fingerprint density at radius 1 is 1.16 bits per heavy atom. The summed E-state index contributed by atoms with van der Waals surface area (Å²) < 4.78 is 5.56. The number of rotatable bonds is 6. The smallest absolute Gasteiger partial charge is 0.423 e. The van der Waals surface area contributed by atoms with E-state index in [0.29, 0.717) is 22.8 Å².